The molecule has 2 bridgehead atoms. The van der Waals surface area contributed by atoms with Crippen LogP contribution in [0.25, 0.3) is 0 Å². The van der Waals surface area contributed by atoms with Gasteiger partial charge in [0.2, 0.25) is 0 Å². The monoisotopic (exact) mass is 354 g/mol. The smallest absolute Gasteiger partial charge is 0.129 e. The van der Waals surface area contributed by atoms with Gasteiger partial charge in [0.05, 0.1) is 11.7 Å². The van der Waals surface area contributed by atoms with Crippen LogP contribution in [0, 0.1) is 11.8 Å². The molecule has 0 saturated carbocycles. The molecule has 2 aliphatic heterocycles. The number of fused-ring (bicyclic) bond motifs is 10. The second kappa shape index (κ2) is 7.89. The molecule has 144 valence electrons. The molecule has 0 aromatic heterocycles. The van der Waals surface area contributed by atoms with Crippen LogP contribution in [0.1, 0.15) is 59.8 Å². The standard InChI is InChI=1S/C20H34O5/c1-13(2)15-7-6-14(3)17-9-11-20(5,25-24-17)18(22)16(21)12-19(4,23)10-8-15/h8,10,13,15-18,21-23H,3,6-7,9,11-12H2,1-2,4-5H3. The first kappa shape index (κ1) is 20.6. The summed E-state index contributed by atoms with van der Waals surface area (Å²) < 4.78 is 0. The van der Waals surface area contributed by atoms with Gasteiger partial charge in [-0.15, -0.1) is 0 Å². The minimum Gasteiger partial charge on any atom is -0.390 e. The lowest BCUT2D eigenvalue weighted by Gasteiger charge is -2.42. The molecule has 2 heterocycles. The van der Waals surface area contributed by atoms with Crippen molar-refractivity contribution in [3.8, 4) is 0 Å². The van der Waals surface area contributed by atoms with Gasteiger partial charge >= 0.3 is 0 Å². The molecule has 5 heteroatoms. The van der Waals surface area contributed by atoms with Crippen molar-refractivity contribution in [1.82, 2.24) is 0 Å². The van der Waals surface area contributed by atoms with E-state index in [1.54, 1.807) is 19.9 Å². The molecule has 1 aliphatic carbocycles. The third-order valence-corrected chi connectivity index (χ3v) is 5.68. The lowest BCUT2D eigenvalue weighted by Crippen LogP contribution is -2.53. The summed E-state index contributed by atoms with van der Waals surface area (Å²) in [5.41, 5.74) is -1.22. The zero-order valence-electron chi connectivity index (χ0n) is 15.9. The van der Waals surface area contributed by atoms with Crippen molar-refractivity contribution in [3.05, 3.63) is 24.3 Å². The Balaban J connectivity index is 2.27. The summed E-state index contributed by atoms with van der Waals surface area (Å²) in [7, 11) is 0. The Kier molecular flexibility index (Phi) is 6.50. The number of allylic oxidation sites excluding steroid dienone is 1. The lowest BCUT2D eigenvalue weighted by atomic mass is 9.81. The number of rotatable bonds is 1. The predicted molar refractivity (Wildman–Crippen MR) is 96.7 cm³/mol. The second-order valence-electron chi connectivity index (χ2n) is 8.56. The highest BCUT2D eigenvalue weighted by Crippen LogP contribution is 2.36. The predicted octanol–water partition coefficient (Wildman–Crippen LogP) is 2.90. The first-order chi connectivity index (χ1) is 11.5. The van der Waals surface area contributed by atoms with Crippen LogP contribution in [0.4, 0.5) is 0 Å². The van der Waals surface area contributed by atoms with Crippen molar-refractivity contribution >= 4 is 0 Å². The van der Waals surface area contributed by atoms with Crippen LogP contribution in [0.5, 0.6) is 0 Å². The Hall–Kier alpha value is -0.720. The Morgan fingerprint density at radius 3 is 2.48 bits per heavy atom. The average Bonchev–Trinajstić information content (AvgIpc) is 2.52. The number of aliphatic hydroxyl groups excluding tert-OH is 2. The topological polar surface area (TPSA) is 79.2 Å². The van der Waals surface area contributed by atoms with E-state index in [1.807, 2.05) is 6.08 Å². The van der Waals surface area contributed by atoms with Crippen molar-refractivity contribution in [2.45, 2.75) is 89.3 Å². The van der Waals surface area contributed by atoms with E-state index in [9.17, 15) is 15.3 Å². The van der Waals surface area contributed by atoms with Gasteiger partial charge in [0.25, 0.3) is 0 Å². The van der Waals surface area contributed by atoms with Crippen molar-refractivity contribution in [3.63, 3.8) is 0 Å². The van der Waals surface area contributed by atoms with Gasteiger partial charge in [-0.05, 0) is 56.9 Å². The van der Waals surface area contributed by atoms with Crippen molar-refractivity contribution in [1.29, 1.82) is 0 Å². The van der Waals surface area contributed by atoms with Gasteiger partial charge in [0.15, 0.2) is 0 Å². The zero-order chi connectivity index (χ0) is 18.8. The molecule has 6 atom stereocenters. The molecular formula is C20H34O5. The Morgan fingerprint density at radius 1 is 1.24 bits per heavy atom. The SMILES string of the molecule is C=C1CCC(C(C)C)C=CC(C)(O)CC(O)C(O)C2(C)CCC1OO2. The summed E-state index contributed by atoms with van der Waals surface area (Å²) in [5, 5.41) is 31.6. The van der Waals surface area contributed by atoms with E-state index in [0.717, 1.165) is 18.4 Å². The van der Waals surface area contributed by atoms with E-state index < -0.39 is 23.4 Å². The highest BCUT2D eigenvalue weighted by molar-refractivity contribution is 5.09. The van der Waals surface area contributed by atoms with Crippen LogP contribution < -0.4 is 0 Å². The molecule has 3 rings (SSSR count). The molecule has 1 fully saturated rings. The van der Waals surface area contributed by atoms with Crippen LogP contribution >= 0.6 is 0 Å². The largest absolute Gasteiger partial charge is 0.390 e. The highest BCUT2D eigenvalue weighted by Gasteiger charge is 2.45. The van der Waals surface area contributed by atoms with Crippen LogP contribution in [0.15, 0.2) is 24.3 Å². The van der Waals surface area contributed by atoms with Crippen molar-refractivity contribution in [2.24, 2.45) is 11.8 Å². The van der Waals surface area contributed by atoms with E-state index in [1.165, 1.54) is 0 Å². The van der Waals surface area contributed by atoms with Gasteiger partial charge in [-0.2, -0.15) is 0 Å². The third kappa shape index (κ3) is 5.14. The zero-order valence-corrected chi connectivity index (χ0v) is 15.9. The summed E-state index contributed by atoms with van der Waals surface area (Å²) >= 11 is 0. The molecule has 3 N–H and O–H groups in total. The van der Waals surface area contributed by atoms with E-state index in [4.69, 9.17) is 9.78 Å². The van der Waals surface area contributed by atoms with E-state index in [2.05, 4.69) is 20.4 Å². The molecule has 0 spiro atoms. The summed E-state index contributed by atoms with van der Waals surface area (Å²) in [6.45, 7) is 11.8. The average molecular weight is 354 g/mol. The quantitative estimate of drug-likeness (QED) is 0.498. The van der Waals surface area contributed by atoms with Gasteiger partial charge in [-0.1, -0.05) is 32.6 Å². The van der Waals surface area contributed by atoms with Crippen LogP contribution in [0.2, 0.25) is 0 Å². The fourth-order valence-electron chi connectivity index (χ4n) is 3.65. The summed E-state index contributed by atoms with van der Waals surface area (Å²) in [5.74, 6) is 0.720. The summed E-state index contributed by atoms with van der Waals surface area (Å²) in [6, 6.07) is 0. The maximum absolute atomic E-state index is 10.6. The molecule has 0 aromatic rings. The Morgan fingerprint density at radius 2 is 1.92 bits per heavy atom. The molecule has 5 nitrogen and oxygen atoms in total. The number of aliphatic hydroxyl groups is 3. The van der Waals surface area contributed by atoms with Crippen LogP contribution in [-0.4, -0.2) is 44.8 Å². The maximum atomic E-state index is 10.6. The van der Waals surface area contributed by atoms with Gasteiger partial charge < -0.3 is 15.3 Å². The van der Waals surface area contributed by atoms with Gasteiger partial charge in [0, 0.05) is 6.42 Å². The first-order valence-electron chi connectivity index (χ1n) is 9.34. The minimum absolute atomic E-state index is 0.0323. The lowest BCUT2D eigenvalue weighted by molar-refractivity contribution is -0.417. The molecule has 0 amide bonds. The maximum Gasteiger partial charge on any atom is 0.129 e. The van der Waals surface area contributed by atoms with Crippen molar-refractivity contribution in [2.75, 3.05) is 0 Å². The first-order valence-corrected chi connectivity index (χ1v) is 9.34. The molecule has 1 saturated heterocycles. The Labute approximate surface area is 151 Å². The second-order valence-corrected chi connectivity index (χ2v) is 8.56. The molecule has 25 heavy (non-hydrogen) atoms. The third-order valence-electron chi connectivity index (χ3n) is 5.68. The molecule has 3 aliphatic rings. The molecule has 0 aromatic carbocycles. The molecule has 0 radical (unpaired) electrons. The van der Waals surface area contributed by atoms with Crippen LogP contribution in [0.3, 0.4) is 0 Å². The molecular weight excluding hydrogens is 320 g/mol. The van der Waals surface area contributed by atoms with Gasteiger partial charge in [-0.3, -0.25) is 0 Å². The minimum atomic E-state index is -1.21. The fraction of sp³-hybridized carbons (Fsp3) is 0.800. The normalized spacial score (nSPS) is 44.1. The highest BCUT2D eigenvalue weighted by atomic mass is 17.2. The van der Waals surface area contributed by atoms with Gasteiger partial charge in [0.1, 0.15) is 17.8 Å². The molecule has 6 unspecified atom stereocenters. The van der Waals surface area contributed by atoms with E-state index >= 15 is 0 Å². The summed E-state index contributed by atoms with van der Waals surface area (Å²) in [6.07, 6.45) is 4.36. The summed E-state index contributed by atoms with van der Waals surface area (Å²) in [4.78, 5) is 11.0. The van der Waals surface area contributed by atoms with E-state index in [-0.39, 0.29) is 12.5 Å². The number of hydrogen-bond donors (Lipinski definition) is 3. The van der Waals surface area contributed by atoms with Crippen molar-refractivity contribution < 1.29 is 25.1 Å². The van der Waals surface area contributed by atoms with Gasteiger partial charge in [-0.25, -0.2) is 9.78 Å². The van der Waals surface area contributed by atoms with Crippen LogP contribution in [-0.2, 0) is 9.78 Å². The van der Waals surface area contributed by atoms with E-state index in [0.29, 0.717) is 24.7 Å². The number of hydrogen-bond acceptors (Lipinski definition) is 5. The fourth-order valence-corrected chi connectivity index (χ4v) is 3.65. The Bertz CT molecular complexity index is 488.